The van der Waals surface area contributed by atoms with E-state index in [1.807, 2.05) is 25.1 Å². The highest BCUT2D eigenvalue weighted by atomic mass is 32.1. The number of ketones is 1. The SMILES string of the molecule is CCOc1cc(C2NC(=S)NC3=C2C(=O)CCC3)ccc1OCc1ccc(C)cc1. The molecule has 4 rings (SSSR count). The van der Waals surface area contributed by atoms with E-state index in [2.05, 4.69) is 41.8 Å². The zero-order valence-corrected chi connectivity index (χ0v) is 18.1. The number of carbonyl (C=O) groups excluding carboxylic acids is 1. The van der Waals surface area contributed by atoms with Crippen LogP contribution in [0.25, 0.3) is 0 Å². The summed E-state index contributed by atoms with van der Waals surface area (Å²) in [6.07, 6.45) is 2.27. The number of benzene rings is 2. The van der Waals surface area contributed by atoms with Gasteiger partial charge in [0.1, 0.15) is 6.61 Å². The first-order valence-electron chi connectivity index (χ1n) is 10.3. The lowest BCUT2D eigenvalue weighted by molar-refractivity contribution is -0.116. The van der Waals surface area contributed by atoms with Gasteiger partial charge in [-0.05, 0) is 62.2 Å². The van der Waals surface area contributed by atoms with Gasteiger partial charge in [0.2, 0.25) is 0 Å². The number of Topliss-reactive ketones (excluding diaryl/α,β-unsaturated/α-hetero) is 1. The largest absolute Gasteiger partial charge is 0.490 e. The van der Waals surface area contributed by atoms with Crippen molar-refractivity contribution in [2.75, 3.05) is 6.61 Å². The number of hydrogen-bond acceptors (Lipinski definition) is 4. The molecule has 1 aliphatic carbocycles. The summed E-state index contributed by atoms with van der Waals surface area (Å²) in [6.45, 7) is 4.99. The van der Waals surface area contributed by atoms with Crippen LogP contribution in [0.5, 0.6) is 11.5 Å². The molecular formula is C24H26N2O3S. The first kappa shape index (κ1) is 20.4. The monoisotopic (exact) mass is 422 g/mol. The van der Waals surface area contributed by atoms with Crippen LogP contribution in [0.3, 0.4) is 0 Å². The van der Waals surface area contributed by atoms with Crippen LogP contribution >= 0.6 is 12.2 Å². The van der Waals surface area contributed by atoms with E-state index in [-0.39, 0.29) is 11.8 Å². The Labute approximate surface area is 182 Å². The minimum Gasteiger partial charge on any atom is -0.490 e. The highest BCUT2D eigenvalue weighted by Gasteiger charge is 2.33. The third-order valence-corrected chi connectivity index (χ3v) is 5.62. The molecule has 0 saturated carbocycles. The second-order valence-electron chi connectivity index (χ2n) is 7.61. The third-order valence-electron chi connectivity index (χ3n) is 5.40. The van der Waals surface area contributed by atoms with Gasteiger partial charge in [0.05, 0.1) is 12.6 Å². The summed E-state index contributed by atoms with van der Waals surface area (Å²) < 4.78 is 11.9. The van der Waals surface area contributed by atoms with Crippen molar-refractivity contribution in [3.8, 4) is 11.5 Å². The van der Waals surface area contributed by atoms with Crippen LogP contribution in [-0.4, -0.2) is 17.5 Å². The number of hydrogen-bond donors (Lipinski definition) is 2. The Bertz CT molecular complexity index is 998. The topological polar surface area (TPSA) is 59.6 Å². The molecule has 156 valence electrons. The second kappa shape index (κ2) is 8.88. The van der Waals surface area contributed by atoms with Crippen molar-refractivity contribution in [2.24, 2.45) is 0 Å². The van der Waals surface area contributed by atoms with Gasteiger partial charge in [0.25, 0.3) is 0 Å². The van der Waals surface area contributed by atoms with Crippen molar-refractivity contribution in [2.45, 2.75) is 45.8 Å². The third kappa shape index (κ3) is 4.33. The van der Waals surface area contributed by atoms with Crippen molar-refractivity contribution in [3.63, 3.8) is 0 Å². The Morgan fingerprint density at radius 1 is 1.07 bits per heavy atom. The summed E-state index contributed by atoms with van der Waals surface area (Å²) >= 11 is 5.38. The van der Waals surface area contributed by atoms with E-state index < -0.39 is 0 Å². The zero-order valence-electron chi connectivity index (χ0n) is 17.3. The predicted octanol–water partition coefficient (Wildman–Crippen LogP) is 4.50. The van der Waals surface area contributed by atoms with Crippen molar-refractivity contribution >= 4 is 23.1 Å². The molecule has 2 aromatic carbocycles. The molecular weight excluding hydrogens is 396 g/mol. The standard InChI is InChI=1S/C24H26N2O3S/c1-3-28-21-13-17(11-12-20(21)29-14-16-9-7-15(2)8-10-16)23-22-18(25-24(30)26-23)5-4-6-19(22)27/h7-13,23H,3-6,14H2,1-2H3,(H2,25,26,30). The van der Waals surface area contributed by atoms with Crippen LogP contribution in [-0.2, 0) is 11.4 Å². The molecule has 0 fully saturated rings. The lowest BCUT2D eigenvalue weighted by atomic mass is 9.85. The molecule has 0 spiro atoms. The van der Waals surface area contributed by atoms with E-state index in [0.717, 1.165) is 35.2 Å². The molecule has 0 aromatic heterocycles. The van der Waals surface area contributed by atoms with Gasteiger partial charge in [0, 0.05) is 17.7 Å². The first-order valence-corrected chi connectivity index (χ1v) is 10.7. The average molecular weight is 423 g/mol. The van der Waals surface area contributed by atoms with E-state index in [0.29, 0.717) is 36.2 Å². The maximum atomic E-state index is 12.6. The summed E-state index contributed by atoms with van der Waals surface area (Å²) in [7, 11) is 0. The summed E-state index contributed by atoms with van der Waals surface area (Å²) in [5.41, 5.74) is 4.98. The van der Waals surface area contributed by atoms with Crippen molar-refractivity contribution in [1.82, 2.24) is 10.6 Å². The van der Waals surface area contributed by atoms with Gasteiger partial charge in [-0.15, -0.1) is 0 Å². The van der Waals surface area contributed by atoms with Gasteiger partial charge < -0.3 is 20.1 Å². The number of nitrogens with one attached hydrogen (secondary N) is 2. The van der Waals surface area contributed by atoms with E-state index in [1.54, 1.807) is 0 Å². The maximum absolute atomic E-state index is 12.6. The summed E-state index contributed by atoms with van der Waals surface area (Å²) in [5.74, 6) is 1.52. The molecule has 6 heteroatoms. The number of allylic oxidation sites excluding steroid dienone is 1. The molecule has 0 amide bonds. The summed E-state index contributed by atoms with van der Waals surface area (Å²) in [5, 5.41) is 6.97. The molecule has 5 nitrogen and oxygen atoms in total. The smallest absolute Gasteiger partial charge is 0.171 e. The lowest BCUT2D eigenvalue weighted by Crippen LogP contribution is -2.46. The van der Waals surface area contributed by atoms with Crippen LogP contribution in [0.2, 0.25) is 0 Å². The van der Waals surface area contributed by atoms with Crippen LogP contribution in [0.15, 0.2) is 53.7 Å². The molecule has 2 aromatic rings. The first-order chi connectivity index (χ1) is 14.5. The van der Waals surface area contributed by atoms with E-state index in [9.17, 15) is 4.79 Å². The van der Waals surface area contributed by atoms with Crippen LogP contribution < -0.4 is 20.1 Å². The maximum Gasteiger partial charge on any atom is 0.171 e. The molecule has 1 aliphatic heterocycles. The number of rotatable bonds is 6. The van der Waals surface area contributed by atoms with Gasteiger partial charge in [-0.1, -0.05) is 35.9 Å². The Morgan fingerprint density at radius 3 is 2.63 bits per heavy atom. The zero-order chi connectivity index (χ0) is 21.1. The minimum absolute atomic E-state index is 0.168. The molecule has 30 heavy (non-hydrogen) atoms. The fraction of sp³-hybridized carbons (Fsp3) is 0.333. The second-order valence-corrected chi connectivity index (χ2v) is 8.02. The highest BCUT2D eigenvalue weighted by molar-refractivity contribution is 7.80. The van der Waals surface area contributed by atoms with Gasteiger partial charge in [-0.2, -0.15) is 0 Å². The quantitative estimate of drug-likeness (QED) is 0.669. The number of ether oxygens (including phenoxy) is 2. The minimum atomic E-state index is -0.271. The van der Waals surface area contributed by atoms with Crippen molar-refractivity contribution in [3.05, 3.63) is 70.4 Å². The van der Waals surface area contributed by atoms with Crippen molar-refractivity contribution in [1.29, 1.82) is 0 Å². The summed E-state index contributed by atoms with van der Waals surface area (Å²) in [4.78, 5) is 12.6. The fourth-order valence-electron chi connectivity index (χ4n) is 3.89. The van der Waals surface area contributed by atoms with Gasteiger partial charge in [-0.3, -0.25) is 4.79 Å². The molecule has 0 radical (unpaired) electrons. The molecule has 1 heterocycles. The van der Waals surface area contributed by atoms with Crippen molar-refractivity contribution < 1.29 is 14.3 Å². The average Bonchev–Trinajstić information content (AvgIpc) is 2.73. The molecule has 1 unspecified atom stereocenters. The molecule has 0 bridgehead atoms. The van der Waals surface area contributed by atoms with Gasteiger partial charge >= 0.3 is 0 Å². The fourth-order valence-corrected chi connectivity index (χ4v) is 4.13. The highest BCUT2D eigenvalue weighted by Crippen LogP contribution is 2.37. The molecule has 2 N–H and O–H groups in total. The van der Waals surface area contributed by atoms with Crippen LogP contribution in [0, 0.1) is 6.92 Å². The molecule has 1 atom stereocenters. The van der Waals surface area contributed by atoms with E-state index in [1.165, 1.54) is 5.56 Å². The van der Waals surface area contributed by atoms with Gasteiger partial charge in [0.15, 0.2) is 22.4 Å². The van der Waals surface area contributed by atoms with Crippen LogP contribution in [0.4, 0.5) is 0 Å². The summed E-state index contributed by atoms with van der Waals surface area (Å²) in [6, 6.07) is 13.8. The lowest BCUT2D eigenvalue weighted by Gasteiger charge is -2.34. The van der Waals surface area contributed by atoms with E-state index >= 15 is 0 Å². The molecule has 2 aliphatic rings. The normalized spacial score (nSPS) is 18.4. The van der Waals surface area contributed by atoms with Gasteiger partial charge in [-0.25, -0.2) is 0 Å². The predicted molar refractivity (Wildman–Crippen MR) is 121 cm³/mol. The Balaban J connectivity index is 1.61. The Morgan fingerprint density at radius 2 is 1.87 bits per heavy atom. The van der Waals surface area contributed by atoms with E-state index in [4.69, 9.17) is 21.7 Å². The van der Waals surface area contributed by atoms with Crippen LogP contribution in [0.1, 0.15) is 48.9 Å². The number of carbonyl (C=O) groups is 1. The number of thiocarbonyl (C=S) groups is 1. The Kier molecular flexibility index (Phi) is 6.04. The number of aryl methyl sites for hydroxylation is 1. The molecule has 0 saturated heterocycles. The Hall–Kier alpha value is -2.86.